The van der Waals surface area contributed by atoms with Crippen molar-refractivity contribution in [3.8, 4) is 11.5 Å². The third-order valence-corrected chi connectivity index (χ3v) is 5.64. The van der Waals surface area contributed by atoms with Crippen molar-refractivity contribution < 1.29 is 33.0 Å². The first-order valence-corrected chi connectivity index (χ1v) is 9.83. The quantitative estimate of drug-likeness (QED) is 0.404. The highest BCUT2D eigenvalue weighted by Gasteiger charge is 2.28. The number of phenols is 1. The van der Waals surface area contributed by atoms with Crippen LogP contribution in [0.4, 0.5) is 0 Å². The summed E-state index contributed by atoms with van der Waals surface area (Å²) in [6.07, 6.45) is 3.55. The van der Waals surface area contributed by atoms with Gasteiger partial charge in [-0.3, -0.25) is 4.57 Å². The predicted molar refractivity (Wildman–Crippen MR) is 92.3 cm³/mol. The van der Waals surface area contributed by atoms with Gasteiger partial charge >= 0.3 is 13.6 Å². The first-order chi connectivity index (χ1) is 11.9. The predicted octanol–water partition coefficient (Wildman–Crippen LogP) is 3.57. The lowest BCUT2D eigenvalue weighted by molar-refractivity contribution is 0.0533. The van der Waals surface area contributed by atoms with Gasteiger partial charge in [0.25, 0.3) is 0 Å². The maximum atomic E-state index is 12.3. The normalized spacial score (nSPS) is 14.0. The Morgan fingerprint density at radius 1 is 1.28 bits per heavy atom. The molecule has 0 saturated carbocycles. The summed E-state index contributed by atoms with van der Waals surface area (Å²) < 4.78 is 33.2. The molecular weight excluding hydrogens is 347 g/mol. The minimum absolute atomic E-state index is 0.131. The number of ether oxygens (including phenoxy) is 2. The minimum atomic E-state index is -3.10. The molecule has 138 valence electrons. The number of benzene rings is 1. The average molecular weight is 370 g/mol. The Bertz CT molecular complexity index is 701. The van der Waals surface area contributed by atoms with E-state index in [0.717, 1.165) is 5.56 Å². The Balaban J connectivity index is 1.97. The molecule has 25 heavy (non-hydrogen) atoms. The summed E-state index contributed by atoms with van der Waals surface area (Å²) in [4.78, 5) is 11.6. The van der Waals surface area contributed by atoms with Gasteiger partial charge < -0.3 is 23.6 Å². The fourth-order valence-corrected chi connectivity index (χ4v) is 3.99. The fraction of sp³-hybridized carbons (Fsp3) is 0.471. The van der Waals surface area contributed by atoms with Crippen molar-refractivity contribution in [2.24, 2.45) is 0 Å². The topological polar surface area (TPSA) is 91.3 Å². The van der Waals surface area contributed by atoms with Gasteiger partial charge in [-0.05, 0) is 26.3 Å². The number of rotatable bonds is 9. The lowest BCUT2D eigenvalue weighted by atomic mass is 10.0. The van der Waals surface area contributed by atoms with Crippen LogP contribution in [-0.4, -0.2) is 37.1 Å². The molecule has 1 N–H and O–H groups in total. The number of hydrogen-bond acceptors (Lipinski definition) is 7. The van der Waals surface area contributed by atoms with Crippen LogP contribution in [0.25, 0.3) is 0 Å². The number of hydrogen-bond donors (Lipinski definition) is 1. The molecule has 0 aliphatic carbocycles. The van der Waals surface area contributed by atoms with Crippen LogP contribution in [0.5, 0.6) is 11.5 Å². The van der Waals surface area contributed by atoms with Crippen molar-refractivity contribution in [2.75, 3.05) is 26.0 Å². The summed E-state index contributed by atoms with van der Waals surface area (Å²) in [7, 11) is -3.10. The summed E-state index contributed by atoms with van der Waals surface area (Å²) in [6, 6.07) is 1.40. The van der Waals surface area contributed by atoms with Crippen LogP contribution >= 0.6 is 7.60 Å². The molecule has 0 bridgehead atoms. The second-order valence-corrected chi connectivity index (χ2v) is 7.46. The van der Waals surface area contributed by atoms with Crippen LogP contribution in [0.15, 0.2) is 18.2 Å². The fourth-order valence-electron chi connectivity index (χ4n) is 2.51. The zero-order valence-corrected chi connectivity index (χ0v) is 15.5. The Labute approximate surface area is 147 Å². The molecule has 1 aromatic carbocycles. The van der Waals surface area contributed by atoms with E-state index in [4.69, 9.17) is 18.5 Å². The van der Waals surface area contributed by atoms with Crippen molar-refractivity contribution in [3.05, 3.63) is 34.9 Å². The highest BCUT2D eigenvalue weighted by Crippen LogP contribution is 2.47. The van der Waals surface area contributed by atoms with Gasteiger partial charge in [0.2, 0.25) is 0 Å². The molecule has 0 amide bonds. The van der Waals surface area contributed by atoms with Crippen LogP contribution in [0, 0.1) is 6.92 Å². The molecule has 0 aromatic heterocycles. The van der Waals surface area contributed by atoms with Crippen molar-refractivity contribution >= 4 is 13.6 Å². The molecule has 0 fully saturated rings. The largest absolute Gasteiger partial charge is 0.507 e. The lowest BCUT2D eigenvalue weighted by Crippen LogP contribution is -2.01. The van der Waals surface area contributed by atoms with Gasteiger partial charge in [0, 0.05) is 11.6 Å². The number of allylic oxidation sites excluding steroid dienone is 1. The molecule has 0 spiro atoms. The maximum absolute atomic E-state index is 12.3. The van der Waals surface area contributed by atoms with Crippen LogP contribution < -0.4 is 4.74 Å². The zero-order chi connectivity index (χ0) is 18.4. The van der Waals surface area contributed by atoms with Gasteiger partial charge in [-0.25, -0.2) is 4.79 Å². The Morgan fingerprint density at radius 3 is 2.60 bits per heavy atom. The number of carbonyl (C=O) groups is 1. The van der Waals surface area contributed by atoms with Gasteiger partial charge in [0.15, 0.2) is 0 Å². The van der Waals surface area contributed by atoms with Gasteiger partial charge in [-0.15, -0.1) is 0 Å². The SMILES string of the molecule is CCOP(=O)(C/C=C/COc1cc(O)c2c(c1C)COC2=O)OCC. The standard InChI is InChI=1S/C17H23O7P/c1-4-23-25(20,24-5-2)9-7-6-8-21-15-10-14(18)16-13(12(15)3)11-22-17(16)19/h6-7,10,18H,4-5,8-9,11H2,1-3H3/b7-6+. The molecule has 0 saturated heterocycles. The molecule has 0 atom stereocenters. The number of fused-ring (bicyclic) bond motifs is 1. The molecule has 7 nitrogen and oxygen atoms in total. The molecule has 0 radical (unpaired) electrons. The van der Waals surface area contributed by atoms with Gasteiger partial charge in [0.05, 0.1) is 19.4 Å². The summed E-state index contributed by atoms with van der Waals surface area (Å²) in [5, 5.41) is 9.97. The summed E-state index contributed by atoms with van der Waals surface area (Å²) in [5.41, 5.74) is 1.59. The molecule has 1 aliphatic heterocycles. The maximum Gasteiger partial charge on any atom is 0.342 e. The number of carbonyl (C=O) groups excluding carboxylic acids is 1. The summed E-state index contributed by atoms with van der Waals surface area (Å²) >= 11 is 0. The van der Waals surface area contributed by atoms with E-state index in [9.17, 15) is 14.5 Å². The highest BCUT2D eigenvalue weighted by molar-refractivity contribution is 7.54. The van der Waals surface area contributed by atoms with Crippen LogP contribution in [0.3, 0.4) is 0 Å². The summed E-state index contributed by atoms with van der Waals surface area (Å²) in [5.74, 6) is -0.207. The molecule has 1 aliphatic rings. The van der Waals surface area contributed by atoms with Crippen LogP contribution in [0.2, 0.25) is 0 Å². The van der Waals surface area contributed by atoms with E-state index in [1.54, 1.807) is 32.9 Å². The van der Waals surface area contributed by atoms with Crippen molar-refractivity contribution in [3.63, 3.8) is 0 Å². The number of aromatic hydroxyl groups is 1. The Morgan fingerprint density at radius 2 is 1.96 bits per heavy atom. The van der Waals surface area contributed by atoms with E-state index in [-0.39, 0.29) is 30.7 Å². The van der Waals surface area contributed by atoms with Crippen LogP contribution in [0.1, 0.15) is 35.3 Å². The number of cyclic esters (lactones) is 1. The van der Waals surface area contributed by atoms with Gasteiger partial charge in [-0.2, -0.15) is 0 Å². The van der Waals surface area contributed by atoms with E-state index in [1.807, 2.05) is 0 Å². The molecule has 1 heterocycles. The van der Waals surface area contributed by atoms with Crippen molar-refractivity contribution in [1.82, 2.24) is 0 Å². The number of esters is 1. The summed E-state index contributed by atoms with van der Waals surface area (Å²) in [6.45, 7) is 6.30. The van der Waals surface area contributed by atoms with Gasteiger partial charge in [0.1, 0.15) is 30.3 Å². The first kappa shape index (κ1) is 19.5. The minimum Gasteiger partial charge on any atom is -0.507 e. The second kappa shape index (κ2) is 8.52. The average Bonchev–Trinajstić information content (AvgIpc) is 2.94. The van der Waals surface area contributed by atoms with E-state index in [2.05, 4.69) is 0 Å². The Kier molecular flexibility index (Phi) is 6.64. The van der Waals surface area contributed by atoms with E-state index >= 15 is 0 Å². The third kappa shape index (κ3) is 4.63. The van der Waals surface area contributed by atoms with Crippen molar-refractivity contribution in [2.45, 2.75) is 27.4 Å². The third-order valence-electron chi connectivity index (χ3n) is 3.68. The van der Waals surface area contributed by atoms with E-state index < -0.39 is 13.6 Å². The van der Waals surface area contributed by atoms with E-state index in [0.29, 0.717) is 24.5 Å². The van der Waals surface area contributed by atoms with Gasteiger partial charge in [-0.1, -0.05) is 12.2 Å². The Hall–Kier alpha value is -1.82. The number of phenolic OH excluding ortho intramolecular Hbond substituents is 1. The molecule has 2 rings (SSSR count). The molecule has 1 aromatic rings. The highest BCUT2D eigenvalue weighted by atomic mass is 31.2. The first-order valence-electron chi connectivity index (χ1n) is 8.10. The zero-order valence-electron chi connectivity index (χ0n) is 14.6. The smallest absolute Gasteiger partial charge is 0.342 e. The molecule has 0 unspecified atom stereocenters. The van der Waals surface area contributed by atoms with E-state index in [1.165, 1.54) is 6.07 Å². The lowest BCUT2D eigenvalue weighted by Gasteiger charge is -2.15. The molecule has 8 heteroatoms. The second-order valence-electron chi connectivity index (χ2n) is 5.36. The van der Waals surface area contributed by atoms with Crippen LogP contribution in [-0.2, 0) is 25.0 Å². The van der Waals surface area contributed by atoms with Crippen molar-refractivity contribution in [1.29, 1.82) is 0 Å². The monoisotopic (exact) mass is 370 g/mol. The molecular formula is C17H23O7P.